The second kappa shape index (κ2) is 5.37. The molecule has 2 N–H and O–H groups in total. The van der Waals surface area contributed by atoms with E-state index in [2.05, 4.69) is 0 Å². The van der Waals surface area contributed by atoms with E-state index < -0.39 is 15.8 Å². The Hall–Kier alpha value is -2.08. The van der Waals surface area contributed by atoms with Crippen molar-refractivity contribution in [2.45, 2.75) is 18.7 Å². The van der Waals surface area contributed by atoms with Crippen LogP contribution < -0.4 is 10.0 Å². The molecule has 0 atom stereocenters. The molecule has 0 bridgehead atoms. The van der Waals surface area contributed by atoms with Gasteiger partial charge in [0, 0.05) is 7.05 Å². The van der Waals surface area contributed by atoms with Gasteiger partial charge in [0.2, 0.25) is 0 Å². The fourth-order valence-electron chi connectivity index (χ4n) is 2.18. The molecule has 0 fully saturated rings. The molecule has 0 aromatic heterocycles. The number of nitrogens with zero attached hydrogens (tertiary/aromatic N) is 1. The quantitative estimate of drug-likeness (QED) is 0.887. The molecule has 0 heterocycles. The van der Waals surface area contributed by atoms with Gasteiger partial charge in [0.1, 0.15) is 10.7 Å². The van der Waals surface area contributed by atoms with Gasteiger partial charge in [0.05, 0.1) is 11.4 Å². The molecular weight excluding hydrogens is 291 g/mol. The van der Waals surface area contributed by atoms with Crippen molar-refractivity contribution < 1.29 is 12.8 Å². The van der Waals surface area contributed by atoms with Gasteiger partial charge in [0.25, 0.3) is 10.0 Å². The van der Waals surface area contributed by atoms with E-state index in [1.165, 1.54) is 19.2 Å². The summed E-state index contributed by atoms with van der Waals surface area (Å²) in [5.74, 6) is -0.745. The lowest BCUT2D eigenvalue weighted by Crippen LogP contribution is -2.28. The van der Waals surface area contributed by atoms with Crippen molar-refractivity contribution in [2.75, 3.05) is 17.1 Å². The number of benzene rings is 2. The molecule has 0 aliphatic rings. The monoisotopic (exact) mass is 308 g/mol. The molecule has 0 spiro atoms. The van der Waals surface area contributed by atoms with E-state index in [0.29, 0.717) is 5.69 Å². The Labute approximate surface area is 124 Å². The van der Waals surface area contributed by atoms with Crippen molar-refractivity contribution in [3.63, 3.8) is 0 Å². The number of hydrogen-bond acceptors (Lipinski definition) is 3. The van der Waals surface area contributed by atoms with E-state index >= 15 is 0 Å². The van der Waals surface area contributed by atoms with Crippen molar-refractivity contribution in [3.05, 3.63) is 53.3 Å². The van der Waals surface area contributed by atoms with Crippen molar-refractivity contribution >= 4 is 21.4 Å². The predicted molar refractivity (Wildman–Crippen MR) is 82.3 cm³/mol. The maximum absolute atomic E-state index is 13.5. The van der Waals surface area contributed by atoms with Gasteiger partial charge in [-0.05, 0) is 37.6 Å². The Balaban J connectivity index is 2.55. The number of nitrogen functional groups attached to an aromatic ring is 1. The molecule has 0 aliphatic heterocycles. The lowest BCUT2D eigenvalue weighted by atomic mass is 10.1. The summed E-state index contributed by atoms with van der Waals surface area (Å²) in [6, 6.07) is 9.19. The SMILES string of the molecule is Cc1ccc(N(C)S(=O)(=O)c2cccc(F)c2N)c(C)c1. The molecule has 2 aromatic carbocycles. The van der Waals surface area contributed by atoms with Crippen molar-refractivity contribution in [3.8, 4) is 0 Å². The number of anilines is 2. The molecule has 0 radical (unpaired) electrons. The summed E-state index contributed by atoms with van der Waals surface area (Å²) in [5, 5.41) is 0. The van der Waals surface area contributed by atoms with Crippen LogP contribution in [0.1, 0.15) is 11.1 Å². The highest BCUT2D eigenvalue weighted by molar-refractivity contribution is 7.93. The third kappa shape index (κ3) is 2.71. The zero-order chi connectivity index (χ0) is 15.8. The molecule has 4 nitrogen and oxygen atoms in total. The number of aryl methyl sites for hydroxylation is 2. The summed E-state index contributed by atoms with van der Waals surface area (Å²) in [6.07, 6.45) is 0. The van der Waals surface area contributed by atoms with Gasteiger partial charge in [-0.1, -0.05) is 23.8 Å². The maximum Gasteiger partial charge on any atom is 0.266 e. The van der Waals surface area contributed by atoms with Crippen LogP contribution in [0.3, 0.4) is 0 Å². The molecule has 0 aliphatic carbocycles. The maximum atomic E-state index is 13.5. The number of rotatable bonds is 3. The van der Waals surface area contributed by atoms with Crippen molar-refractivity contribution in [2.24, 2.45) is 0 Å². The minimum absolute atomic E-state index is 0.232. The number of sulfonamides is 1. The average Bonchev–Trinajstić information content (AvgIpc) is 2.41. The fraction of sp³-hybridized carbons (Fsp3) is 0.200. The van der Waals surface area contributed by atoms with E-state index in [1.807, 2.05) is 26.0 Å². The van der Waals surface area contributed by atoms with Crippen LogP contribution >= 0.6 is 0 Å². The Bertz CT molecular complexity index is 788. The Kier molecular flexibility index (Phi) is 3.91. The van der Waals surface area contributed by atoms with Crippen LogP contribution in [-0.4, -0.2) is 15.5 Å². The molecule has 0 amide bonds. The summed E-state index contributed by atoms with van der Waals surface area (Å²) < 4.78 is 39.9. The first-order valence-electron chi connectivity index (χ1n) is 6.35. The van der Waals surface area contributed by atoms with Crippen LogP contribution in [0.5, 0.6) is 0 Å². The summed E-state index contributed by atoms with van der Waals surface area (Å²) >= 11 is 0. The summed E-state index contributed by atoms with van der Waals surface area (Å²) in [6.45, 7) is 3.75. The molecule has 2 rings (SSSR count). The molecule has 2 aromatic rings. The summed E-state index contributed by atoms with van der Waals surface area (Å²) in [5.41, 5.74) is 7.58. The fourth-order valence-corrected chi connectivity index (χ4v) is 3.56. The Morgan fingerprint density at radius 2 is 1.81 bits per heavy atom. The van der Waals surface area contributed by atoms with Crippen LogP contribution in [0.25, 0.3) is 0 Å². The van der Waals surface area contributed by atoms with Gasteiger partial charge >= 0.3 is 0 Å². The van der Waals surface area contributed by atoms with Gasteiger partial charge in [-0.15, -0.1) is 0 Å². The van der Waals surface area contributed by atoms with E-state index in [1.54, 1.807) is 6.07 Å². The first-order chi connectivity index (χ1) is 9.75. The molecule has 0 unspecified atom stereocenters. The standard InChI is InChI=1S/C15H17FN2O2S/c1-10-7-8-13(11(2)9-10)18(3)21(19,20)14-6-4-5-12(16)15(14)17/h4-9H,17H2,1-3H3. The van der Waals surface area contributed by atoms with Gasteiger partial charge in [-0.3, -0.25) is 4.31 Å². The zero-order valence-electron chi connectivity index (χ0n) is 12.1. The summed E-state index contributed by atoms with van der Waals surface area (Å²) in [7, 11) is -2.48. The lowest BCUT2D eigenvalue weighted by Gasteiger charge is -2.22. The molecule has 6 heteroatoms. The second-order valence-electron chi connectivity index (χ2n) is 4.91. The van der Waals surface area contributed by atoms with Crippen LogP contribution in [0.4, 0.5) is 15.8 Å². The highest BCUT2D eigenvalue weighted by Gasteiger charge is 2.25. The van der Waals surface area contributed by atoms with E-state index in [4.69, 9.17) is 5.73 Å². The summed E-state index contributed by atoms with van der Waals surface area (Å²) in [4.78, 5) is -0.232. The number of para-hydroxylation sites is 1. The minimum Gasteiger partial charge on any atom is -0.395 e. The molecule has 0 saturated heterocycles. The highest BCUT2D eigenvalue weighted by atomic mass is 32.2. The Morgan fingerprint density at radius 3 is 2.43 bits per heavy atom. The largest absolute Gasteiger partial charge is 0.395 e. The van der Waals surface area contributed by atoms with E-state index in [0.717, 1.165) is 21.5 Å². The van der Waals surface area contributed by atoms with Crippen molar-refractivity contribution in [1.82, 2.24) is 0 Å². The molecular formula is C15H17FN2O2S. The molecule has 0 saturated carbocycles. The number of nitrogens with two attached hydrogens (primary N) is 1. The third-order valence-corrected chi connectivity index (χ3v) is 5.17. The second-order valence-corrected chi connectivity index (χ2v) is 6.85. The van der Waals surface area contributed by atoms with Crippen LogP contribution in [0.2, 0.25) is 0 Å². The first kappa shape index (κ1) is 15.3. The Morgan fingerprint density at radius 1 is 1.14 bits per heavy atom. The van der Waals surface area contributed by atoms with E-state index in [-0.39, 0.29) is 10.6 Å². The van der Waals surface area contributed by atoms with Gasteiger partial charge < -0.3 is 5.73 Å². The number of hydrogen-bond donors (Lipinski definition) is 1. The predicted octanol–water partition coefficient (Wildman–Crippen LogP) is 2.85. The topological polar surface area (TPSA) is 63.4 Å². The highest BCUT2D eigenvalue weighted by Crippen LogP contribution is 2.29. The molecule has 21 heavy (non-hydrogen) atoms. The van der Waals surface area contributed by atoms with Gasteiger partial charge in [-0.25, -0.2) is 12.8 Å². The zero-order valence-corrected chi connectivity index (χ0v) is 12.9. The third-order valence-electron chi connectivity index (χ3n) is 3.34. The average molecular weight is 308 g/mol. The first-order valence-corrected chi connectivity index (χ1v) is 7.79. The number of halogens is 1. The van der Waals surface area contributed by atoms with Crippen LogP contribution in [-0.2, 0) is 10.0 Å². The molecule has 112 valence electrons. The lowest BCUT2D eigenvalue weighted by molar-refractivity contribution is 0.591. The van der Waals surface area contributed by atoms with Gasteiger partial charge in [-0.2, -0.15) is 0 Å². The smallest absolute Gasteiger partial charge is 0.266 e. The van der Waals surface area contributed by atoms with Crippen LogP contribution in [0.15, 0.2) is 41.3 Å². The van der Waals surface area contributed by atoms with Gasteiger partial charge in [0.15, 0.2) is 0 Å². The normalized spacial score (nSPS) is 11.4. The van der Waals surface area contributed by atoms with Crippen LogP contribution in [0, 0.1) is 19.7 Å². The van der Waals surface area contributed by atoms with E-state index in [9.17, 15) is 12.8 Å². The minimum atomic E-state index is -3.91. The van der Waals surface area contributed by atoms with Crippen molar-refractivity contribution in [1.29, 1.82) is 0 Å².